The number of hydrogen-bond acceptors (Lipinski definition) is 5. The molecule has 1 aliphatic rings. The van der Waals surface area contributed by atoms with Gasteiger partial charge in [-0.3, -0.25) is 9.59 Å². The summed E-state index contributed by atoms with van der Waals surface area (Å²) in [5, 5.41) is 9.80. The first-order valence-corrected chi connectivity index (χ1v) is 10.7. The molecule has 1 fully saturated rings. The van der Waals surface area contributed by atoms with Crippen molar-refractivity contribution in [3.63, 3.8) is 0 Å². The summed E-state index contributed by atoms with van der Waals surface area (Å²) in [6.45, 7) is 1.22. The third kappa shape index (κ3) is 7.19. The average Bonchev–Trinajstić information content (AvgIpc) is 3.19. The average molecular weight is 491 g/mol. The minimum absolute atomic E-state index is 0.313. The third-order valence-corrected chi connectivity index (χ3v) is 5.46. The molecule has 3 aromatic rings. The van der Waals surface area contributed by atoms with Crippen LogP contribution in [0, 0.1) is 5.92 Å². The number of nitrogens with two attached hydrogens (primary N) is 1. The third-order valence-electron chi connectivity index (χ3n) is 5.46. The van der Waals surface area contributed by atoms with Crippen LogP contribution in [0.3, 0.4) is 0 Å². The first kappa shape index (κ1) is 25.5. The van der Waals surface area contributed by atoms with Crippen LogP contribution in [0.2, 0.25) is 0 Å². The Labute approximate surface area is 198 Å². The Morgan fingerprint density at radius 3 is 2.34 bits per heavy atom. The number of piperidine rings is 1. The molecule has 35 heavy (non-hydrogen) atoms. The van der Waals surface area contributed by atoms with E-state index in [1.54, 1.807) is 23.1 Å². The summed E-state index contributed by atoms with van der Waals surface area (Å²) in [5.41, 5.74) is 8.91. The van der Waals surface area contributed by atoms with Crippen LogP contribution >= 0.6 is 0 Å². The number of imidazole rings is 1. The second-order valence-electron chi connectivity index (χ2n) is 8.04. The number of nitrogen functional groups attached to an aromatic ring is 1. The lowest BCUT2D eigenvalue weighted by atomic mass is 9.90. The van der Waals surface area contributed by atoms with Crippen LogP contribution in [0.5, 0.6) is 0 Å². The number of likely N-dealkylation sites (tertiary alicyclic amines) is 1. The molecule has 2 aromatic carbocycles. The van der Waals surface area contributed by atoms with Crippen molar-refractivity contribution in [3.8, 4) is 0 Å². The number of aromatic amines is 1. The number of fused-ring (bicyclic) bond motifs is 1. The number of hydrogen-bond donors (Lipinski definition) is 4. The first-order chi connectivity index (χ1) is 16.5. The van der Waals surface area contributed by atoms with Crippen molar-refractivity contribution >= 4 is 40.5 Å². The monoisotopic (exact) mass is 491 g/mol. The van der Waals surface area contributed by atoms with E-state index in [0.29, 0.717) is 41.7 Å². The smallest absolute Gasteiger partial charge is 0.475 e. The number of amides is 2. The van der Waals surface area contributed by atoms with E-state index in [-0.39, 0.29) is 0 Å². The van der Waals surface area contributed by atoms with E-state index >= 15 is 0 Å². The molecule has 186 valence electrons. The van der Waals surface area contributed by atoms with Crippen molar-refractivity contribution in [2.24, 2.45) is 5.92 Å². The van der Waals surface area contributed by atoms with Gasteiger partial charge in [-0.2, -0.15) is 13.2 Å². The van der Waals surface area contributed by atoms with Crippen molar-refractivity contribution in [2.45, 2.75) is 25.4 Å². The van der Waals surface area contributed by atoms with Gasteiger partial charge in [0.05, 0.1) is 11.0 Å². The highest BCUT2D eigenvalue weighted by molar-refractivity contribution is 6.39. The standard InChI is InChI=1S/C21H23N5O2.C2HF3O2/c22-21-24-17-7-6-16(13-18(17)25-21)23-19(27)20(28)26-10-8-15(9-11-26)12-14-4-2-1-3-5-14;3-2(4,5)1(6)7/h1-7,13,15H,8-12H2,(H,23,27)(H3,22,24,25);(H,6,7). The van der Waals surface area contributed by atoms with Gasteiger partial charge in [0.1, 0.15) is 0 Å². The second-order valence-corrected chi connectivity index (χ2v) is 8.04. The summed E-state index contributed by atoms with van der Waals surface area (Å²) in [7, 11) is 0. The molecule has 0 spiro atoms. The molecule has 4 rings (SSSR count). The highest BCUT2D eigenvalue weighted by atomic mass is 19.4. The number of carbonyl (C=O) groups is 3. The van der Waals surface area contributed by atoms with Crippen LogP contribution in [0.15, 0.2) is 48.5 Å². The van der Waals surface area contributed by atoms with E-state index in [2.05, 4.69) is 27.4 Å². The highest BCUT2D eigenvalue weighted by Crippen LogP contribution is 2.22. The summed E-state index contributed by atoms with van der Waals surface area (Å²) < 4.78 is 31.7. The van der Waals surface area contributed by atoms with Gasteiger partial charge >= 0.3 is 24.0 Å². The van der Waals surface area contributed by atoms with Crippen LogP contribution in [0.4, 0.5) is 24.8 Å². The number of carboxylic acids is 1. The lowest BCUT2D eigenvalue weighted by Crippen LogP contribution is -2.44. The number of nitrogens with one attached hydrogen (secondary N) is 2. The Balaban J connectivity index is 0.000000429. The summed E-state index contributed by atoms with van der Waals surface area (Å²) in [6, 6.07) is 15.6. The number of anilines is 2. The van der Waals surface area contributed by atoms with Gasteiger partial charge < -0.3 is 26.0 Å². The topological polar surface area (TPSA) is 141 Å². The molecule has 2 heterocycles. The Kier molecular flexibility index (Phi) is 7.94. The van der Waals surface area contributed by atoms with Crippen LogP contribution in [-0.4, -0.2) is 57.0 Å². The largest absolute Gasteiger partial charge is 0.490 e. The van der Waals surface area contributed by atoms with E-state index in [1.165, 1.54) is 5.56 Å². The normalized spacial score (nSPS) is 14.2. The predicted molar refractivity (Wildman–Crippen MR) is 122 cm³/mol. The highest BCUT2D eigenvalue weighted by Gasteiger charge is 2.38. The van der Waals surface area contributed by atoms with Crippen LogP contribution in [0.25, 0.3) is 11.0 Å². The molecular weight excluding hydrogens is 467 g/mol. The van der Waals surface area contributed by atoms with E-state index in [4.69, 9.17) is 15.6 Å². The van der Waals surface area contributed by atoms with Crippen molar-refractivity contribution < 1.29 is 32.7 Å². The Morgan fingerprint density at radius 1 is 1.11 bits per heavy atom. The zero-order valence-corrected chi connectivity index (χ0v) is 18.5. The van der Waals surface area contributed by atoms with E-state index in [9.17, 15) is 22.8 Å². The number of benzene rings is 2. The van der Waals surface area contributed by atoms with Gasteiger partial charge in [-0.15, -0.1) is 0 Å². The molecular formula is C23H24F3N5O4. The van der Waals surface area contributed by atoms with Crippen molar-refractivity contribution in [1.29, 1.82) is 0 Å². The minimum atomic E-state index is -5.08. The zero-order chi connectivity index (χ0) is 25.6. The lowest BCUT2D eigenvalue weighted by Gasteiger charge is -2.31. The molecule has 2 amide bonds. The van der Waals surface area contributed by atoms with Crippen molar-refractivity contribution in [2.75, 3.05) is 24.1 Å². The van der Waals surface area contributed by atoms with Crippen LogP contribution < -0.4 is 11.1 Å². The number of carboxylic acid groups (broad SMARTS) is 1. The molecule has 1 saturated heterocycles. The predicted octanol–water partition coefficient (Wildman–Crippen LogP) is 3.20. The van der Waals surface area contributed by atoms with E-state index in [0.717, 1.165) is 19.3 Å². The fourth-order valence-corrected chi connectivity index (χ4v) is 3.72. The molecule has 12 heteroatoms. The summed E-state index contributed by atoms with van der Waals surface area (Å²) in [6.07, 6.45) is -2.25. The Hall–Kier alpha value is -4.09. The molecule has 0 radical (unpaired) electrons. The lowest BCUT2D eigenvalue weighted by molar-refractivity contribution is -0.192. The van der Waals surface area contributed by atoms with Crippen LogP contribution in [-0.2, 0) is 20.8 Å². The molecule has 1 aromatic heterocycles. The summed E-state index contributed by atoms with van der Waals surface area (Å²) in [4.78, 5) is 42.4. The van der Waals surface area contributed by atoms with Gasteiger partial charge in [0.2, 0.25) is 0 Å². The van der Waals surface area contributed by atoms with Crippen molar-refractivity contribution in [1.82, 2.24) is 14.9 Å². The maximum Gasteiger partial charge on any atom is 0.490 e. The summed E-state index contributed by atoms with van der Waals surface area (Å²) in [5.74, 6) is -3.00. The maximum absolute atomic E-state index is 12.5. The summed E-state index contributed by atoms with van der Waals surface area (Å²) >= 11 is 0. The number of aliphatic carboxylic acids is 1. The number of alkyl halides is 3. The van der Waals surface area contributed by atoms with Gasteiger partial charge in [0, 0.05) is 18.8 Å². The maximum atomic E-state index is 12.5. The number of H-pyrrole nitrogens is 1. The molecule has 5 N–H and O–H groups in total. The second kappa shape index (κ2) is 10.9. The molecule has 0 saturated carbocycles. The number of rotatable bonds is 3. The molecule has 9 nitrogen and oxygen atoms in total. The fourth-order valence-electron chi connectivity index (χ4n) is 3.72. The van der Waals surface area contributed by atoms with Gasteiger partial charge in [0.15, 0.2) is 5.95 Å². The SMILES string of the molecule is Nc1nc2ccc(NC(=O)C(=O)N3CCC(Cc4ccccc4)CC3)cc2[nH]1.O=C(O)C(F)(F)F. The fraction of sp³-hybridized carbons (Fsp3) is 0.304. The van der Waals surface area contributed by atoms with Gasteiger partial charge in [-0.05, 0) is 48.9 Å². The quantitative estimate of drug-likeness (QED) is 0.415. The number of nitrogens with zero attached hydrogens (tertiary/aromatic N) is 2. The Morgan fingerprint density at radius 2 is 1.74 bits per heavy atom. The molecule has 1 aliphatic heterocycles. The number of aromatic nitrogens is 2. The first-order valence-electron chi connectivity index (χ1n) is 10.7. The van der Waals surface area contributed by atoms with Gasteiger partial charge in [0.25, 0.3) is 0 Å². The number of halogens is 3. The van der Waals surface area contributed by atoms with Gasteiger partial charge in [-0.1, -0.05) is 30.3 Å². The number of carbonyl (C=O) groups excluding carboxylic acids is 2. The van der Waals surface area contributed by atoms with E-state index in [1.807, 2.05) is 18.2 Å². The molecule has 0 atom stereocenters. The Bertz CT molecular complexity index is 1190. The van der Waals surface area contributed by atoms with E-state index < -0.39 is 24.0 Å². The van der Waals surface area contributed by atoms with Crippen LogP contribution in [0.1, 0.15) is 18.4 Å². The van der Waals surface area contributed by atoms with Crippen molar-refractivity contribution in [3.05, 3.63) is 54.1 Å². The molecule has 0 aliphatic carbocycles. The minimum Gasteiger partial charge on any atom is -0.475 e. The van der Waals surface area contributed by atoms with Gasteiger partial charge in [-0.25, -0.2) is 9.78 Å². The molecule has 0 unspecified atom stereocenters. The molecule has 0 bridgehead atoms. The zero-order valence-electron chi connectivity index (χ0n) is 18.5.